The van der Waals surface area contributed by atoms with Gasteiger partial charge in [-0.2, -0.15) is 0 Å². The third-order valence-corrected chi connectivity index (χ3v) is 4.99. The second-order valence-corrected chi connectivity index (χ2v) is 6.20. The molecule has 0 atom stereocenters. The van der Waals surface area contributed by atoms with E-state index in [1.54, 1.807) is 11.8 Å². The lowest BCUT2D eigenvalue weighted by Gasteiger charge is -2.13. The first-order valence-corrected chi connectivity index (χ1v) is 8.14. The van der Waals surface area contributed by atoms with Crippen molar-refractivity contribution in [3.63, 3.8) is 0 Å². The van der Waals surface area contributed by atoms with Crippen LogP contribution in [0.4, 0.5) is 0 Å². The van der Waals surface area contributed by atoms with Crippen LogP contribution in [0.3, 0.4) is 0 Å². The van der Waals surface area contributed by atoms with Crippen molar-refractivity contribution in [3.05, 3.63) is 28.3 Å². The van der Waals surface area contributed by atoms with Gasteiger partial charge in [-0.1, -0.05) is 17.7 Å². The summed E-state index contributed by atoms with van der Waals surface area (Å²) in [4.78, 5) is 12.2. The maximum Gasteiger partial charge on any atom is 0.129 e. The van der Waals surface area contributed by atoms with Crippen LogP contribution in [0.5, 0.6) is 0 Å². The van der Waals surface area contributed by atoms with E-state index in [-0.39, 0.29) is 6.61 Å². The summed E-state index contributed by atoms with van der Waals surface area (Å²) in [6.07, 6.45) is 2.62. The van der Waals surface area contributed by atoms with Crippen LogP contribution in [0.2, 0.25) is 5.02 Å². The average molecular weight is 312 g/mol. The molecule has 0 fully saturated rings. The molecule has 1 aliphatic rings. The molecule has 0 saturated carbocycles. The topological polar surface area (TPSA) is 49.3 Å². The molecule has 1 aromatic rings. The summed E-state index contributed by atoms with van der Waals surface area (Å²) in [6.45, 7) is 1.62. The lowest BCUT2D eigenvalue weighted by atomic mass is 10.00. The summed E-state index contributed by atoms with van der Waals surface area (Å²) in [5.41, 5.74) is 2.79. The Morgan fingerprint density at radius 3 is 3.00 bits per heavy atom. The lowest BCUT2D eigenvalue weighted by molar-refractivity contribution is 0.287. The number of rotatable bonds is 5. The van der Waals surface area contributed by atoms with Gasteiger partial charge in [-0.05, 0) is 48.8 Å². The van der Waals surface area contributed by atoms with Gasteiger partial charge in [-0.3, -0.25) is 0 Å². The first-order chi connectivity index (χ1) is 9.77. The highest BCUT2D eigenvalue weighted by Gasteiger charge is 2.18. The van der Waals surface area contributed by atoms with E-state index in [1.807, 2.05) is 18.1 Å². The molecule has 1 aliphatic heterocycles. The van der Waals surface area contributed by atoms with Gasteiger partial charge in [0.25, 0.3) is 0 Å². The molecule has 5 heteroatoms. The maximum atomic E-state index is 11.1. The van der Waals surface area contributed by atoms with Crippen LogP contribution in [0.25, 0.3) is 5.57 Å². The third-order valence-electron chi connectivity index (χ3n) is 3.31. The van der Waals surface area contributed by atoms with E-state index < -0.39 is 0 Å². The molecule has 1 aromatic carbocycles. The maximum absolute atomic E-state index is 11.1. The Labute approximate surface area is 128 Å². The number of thioether (sulfide) groups is 1. The van der Waals surface area contributed by atoms with Crippen molar-refractivity contribution in [1.82, 2.24) is 5.32 Å². The zero-order valence-electron chi connectivity index (χ0n) is 11.2. The number of fused-ring (bicyclic) bond motifs is 1. The summed E-state index contributed by atoms with van der Waals surface area (Å²) in [6, 6.07) is 3.78. The van der Waals surface area contributed by atoms with E-state index in [4.69, 9.17) is 16.7 Å². The van der Waals surface area contributed by atoms with E-state index in [0.29, 0.717) is 12.1 Å². The number of halogens is 1. The average Bonchev–Trinajstić information content (AvgIpc) is 2.67. The van der Waals surface area contributed by atoms with Crippen LogP contribution >= 0.6 is 23.4 Å². The molecule has 1 heterocycles. The molecule has 0 radical (unpaired) electrons. The molecule has 0 amide bonds. The molecule has 2 rings (SSSR count). The van der Waals surface area contributed by atoms with Crippen LogP contribution in [-0.4, -0.2) is 36.5 Å². The quantitative estimate of drug-likeness (QED) is 0.498. The SMILES string of the molecule is O=C=C1CNCCc2c1ccc(Cl)c2SCCCCO. The van der Waals surface area contributed by atoms with Gasteiger partial charge in [0.05, 0.1) is 10.6 Å². The van der Waals surface area contributed by atoms with Crippen LogP contribution < -0.4 is 5.32 Å². The first-order valence-electron chi connectivity index (χ1n) is 6.78. The molecule has 0 spiro atoms. The van der Waals surface area contributed by atoms with Crippen LogP contribution in [0.15, 0.2) is 17.0 Å². The van der Waals surface area contributed by atoms with Crippen LogP contribution in [0.1, 0.15) is 24.0 Å². The monoisotopic (exact) mass is 311 g/mol. The Morgan fingerprint density at radius 2 is 2.25 bits per heavy atom. The molecule has 3 nitrogen and oxygen atoms in total. The standard InChI is InChI=1S/C15H18ClNO2S/c16-14-4-3-12-11(10-19)9-17-6-5-13(12)15(14)20-8-2-1-7-18/h3-4,17-18H,1-2,5-9H2. The van der Waals surface area contributed by atoms with Gasteiger partial charge in [0, 0.05) is 18.0 Å². The number of hydrogen-bond acceptors (Lipinski definition) is 4. The summed E-state index contributed by atoms with van der Waals surface area (Å²) in [5, 5.41) is 12.8. The summed E-state index contributed by atoms with van der Waals surface area (Å²) in [7, 11) is 0. The number of unbranched alkanes of at least 4 members (excludes halogenated alkanes) is 1. The zero-order chi connectivity index (χ0) is 14.4. The summed E-state index contributed by atoms with van der Waals surface area (Å²) >= 11 is 8.03. The van der Waals surface area contributed by atoms with E-state index in [9.17, 15) is 4.79 Å². The minimum atomic E-state index is 0.225. The van der Waals surface area contributed by atoms with Gasteiger partial charge in [0.15, 0.2) is 0 Å². The van der Waals surface area contributed by atoms with Crippen molar-refractivity contribution in [1.29, 1.82) is 0 Å². The first kappa shape index (κ1) is 15.6. The van der Waals surface area contributed by atoms with Gasteiger partial charge in [0.2, 0.25) is 0 Å². The van der Waals surface area contributed by atoms with Gasteiger partial charge in [0.1, 0.15) is 5.94 Å². The van der Waals surface area contributed by atoms with E-state index in [2.05, 4.69) is 5.32 Å². The van der Waals surface area contributed by atoms with Gasteiger partial charge in [-0.25, -0.2) is 4.79 Å². The normalized spacial score (nSPS) is 14.6. The minimum absolute atomic E-state index is 0.225. The number of hydrogen-bond donors (Lipinski definition) is 2. The number of aliphatic hydroxyl groups excluding tert-OH is 1. The molecule has 0 aliphatic carbocycles. The Hall–Kier alpha value is -0.770. The Kier molecular flexibility index (Phi) is 6.14. The van der Waals surface area contributed by atoms with Gasteiger partial charge in [-0.15, -0.1) is 11.8 Å². The second-order valence-electron chi connectivity index (χ2n) is 4.69. The van der Waals surface area contributed by atoms with Gasteiger partial charge >= 0.3 is 0 Å². The molecular weight excluding hydrogens is 294 g/mol. The Morgan fingerprint density at radius 1 is 1.40 bits per heavy atom. The summed E-state index contributed by atoms with van der Waals surface area (Å²) < 4.78 is 0. The highest BCUT2D eigenvalue weighted by atomic mass is 35.5. The smallest absolute Gasteiger partial charge is 0.129 e. The van der Waals surface area contributed by atoms with Crippen molar-refractivity contribution in [3.8, 4) is 0 Å². The van der Waals surface area contributed by atoms with Crippen molar-refractivity contribution >= 4 is 34.9 Å². The van der Waals surface area contributed by atoms with E-state index >= 15 is 0 Å². The summed E-state index contributed by atoms with van der Waals surface area (Å²) in [5.74, 6) is 2.96. The van der Waals surface area contributed by atoms with Crippen LogP contribution in [-0.2, 0) is 11.2 Å². The lowest BCUT2D eigenvalue weighted by Crippen LogP contribution is -2.16. The van der Waals surface area contributed by atoms with Crippen molar-refractivity contribution in [2.24, 2.45) is 0 Å². The Balaban J connectivity index is 2.29. The van der Waals surface area contributed by atoms with Crippen molar-refractivity contribution < 1.29 is 9.90 Å². The molecular formula is C15H18ClNO2S. The van der Waals surface area contributed by atoms with Crippen molar-refractivity contribution in [2.75, 3.05) is 25.4 Å². The molecule has 2 N–H and O–H groups in total. The molecule has 0 bridgehead atoms. The molecule has 20 heavy (non-hydrogen) atoms. The van der Waals surface area contributed by atoms with Gasteiger partial charge < -0.3 is 10.4 Å². The fourth-order valence-corrected chi connectivity index (χ4v) is 3.77. The second kappa shape index (κ2) is 7.87. The number of nitrogens with one attached hydrogen (secondary N) is 1. The predicted octanol–water partition coefficient (Wildman–Crippen LogP) is 2.57. The molecule has 108 valence electrons. The Bertz CT molecular complexity index is 527. The van der Waals surface area contributed by atoms with Crippen molar-refractivity contribution in [2.45, 2.75) is 24.2 Å². The number of carbonyl (C=O) groups excluding carboxylic acids is 1. The number of aliphatic hydroxyl groups is 1. The number of benzene rings is 1. The van der Waals surface area contributed by atoms with Crippen LogP contribution in [0, 0.1) is 0 Å². The third kappa shape index (κ3) is 3.66. The predicted molar refractivity (Wildman–Crippen MR) is 84.2 cm³/mol. The largest absolute Gasteiger partial charge is 0.396 e. The zero-order valence-corrected chi connectivity index (χ0v) is 12.8. The fraction of sp³-hybridized carbons (Fsp3) is 0.467. The molecule has 0 unspecified atom stereocenters. The fourth-order valence-electron chi connectivity index (χ4n) is 2.29. The van der Waals surface area contributed by atoms with E-state index in [0.717, 1.165) is 52.6 Å². The molecule has 0 aromatic heterocycles. The highest BCUT2D eigenvalue weighted by molar-refractivity contribution is 7.99. The van der Waals surface area contributed by atoms with E-state index in [1.165, 1.54) is 0 Å². The highest BCUT2D eigenvalue weighted by Crippen LogP contribution is 2.36. The minimum Gasteiger partial charge on any atom is -0.396 e. The molecule has 0 saturated heterocycles.